The Morgan fingerprint density at radius 3 is 2.45 bits per heavy atom. The summed E-state index contributed by atoms with van der Waals surface area (Å²) in [6.45, 7) is 5.93. The Morgan fingerprint density at radius 1 is 1.05 bits per heavy atom. The van der Waals surface area contributed by atoms with Crippen molar-refractivity contribution in [2.24, 2.45) is 0 Å². The molecule has 4 aromatic rings. The average molecular weight is 517 g/mol. The number of hydrogen-bond donors (Lipinski definition) is 1. The molecular formula is C29H29FN4O4. The summed E-state index contributed by atoms with van der Waals surface area (Å²) in [7, 11) is 0. The third-order valence-electron chi connectivity index (χ3n) is 7.02. The Kier molecular flexibility index (Phi) is 7.00. The zero-order valence-electron chi connectivity index (χ0n) is 21.3. The number of anilines is 1. The van der Waals surface area contributed by atoms with Gasteiger partial charge in [-0.25, -0.2) is 4.39 Å². The molecule has 1 N–H and O–H groups in total. The number of piperazine rings is 1. The normalized spacial score (nSPS) is 14.5. The molecule has 2 amide bonds. The number of nitrogens with one attached hydrogen (secondary N) is 1. The van der Waals surface area contributed by atoms with E-state index in [1.165, 1.54) is 12.3 Å². The van der Waals surface area contributed by atoms with Gasteiger partial charge in [0.15, 0.2) is 5.76 Å². The Bertz CT molecular complexity index is 1520. The molecule has 0 bridgehead atoms. The molecule has 1 aliphatic heterocycles. The third kappa shape index (κ3) is 4.79. The largest absolute Gasteiger partial charge is 0.459 e. The van der Waals surface area contributed by atoms with E-state index in [1.807, 2.05) is 49.1 Å². The number of halogens is 1. The lowest BCUT2D eigenvalue weighted by atomic mass is 10.1. The van der Waals surface area contributed by atoms with Crippen LogP contribution in [0.25, 0.3) is 10.9 Å². The molecule has 0 unspecified atom stereocenters. The topological polar surface area (TPSA) is 87.8 Å². The van der Waals surface area contributed by atoms with Gasteiger partial charge in [0.2, 0.25) is 5.43 Å². The zero-order chi connectivity index (χ0) is 26.8. The van der Waals surface area contributed by atoms with E-state index in [0.717, 1.165) is 5.56 Å². The number of carbonyl (C=O) groups is 2. The van der Waals surface area contributed by atoms with Crippen LogP contribution < -0.4 is 15.6 Å². The minimum atomic E-state index is -0.543. The average Bonchev–Trinajstić information content (AvgIpc) is 3.48. The number of pyridine rings is 1. The molecule has 0 aliphatic carbocycles. The van der Waals surface area contributed by atoms with E-state index in [2.05, 4.69) is 5.32 Å². The molecule has 0 saturated carbocycles. The van der Waals surface area contributed by atoms with Crippen molar-refractivity contribution in [3.8, 4) is 0 Å². The van der Waals surface area contributed by atoms with Crippen LogP contribution in [0.3, 0.4) is 0 Å². The van der Waals surface area contributed by atoms with Gasteiger partial charge in [0, 0.05) is 44.3 Å². The highest BCUT2D eigenvalue weighted by molar-refractivity contribution is 5.98. The van der Waals surface area contributed by atoms with E-state index in [-0.39, 0.29) is 28.7 Å². The molecule has 1 fully saturated rings. The lowest BCUT2D eigenvalue weighted by Crippen LogP contribution is -2.49. The maximum Gasteiger partial charge on any atom is 0.289 e. The fraction of sp³-hybridized carbons (Fsp3) is 0.276. The molecule has 9 heteroatoms. The summed E-state index contributed by atoms with van der Waals surface area (Å²) in [5.41, 5.74) is 1.29. The molecule has 3 heterocycles. The van der Waals surface area contributed by atoms with E-state index in [0.29, 0.717) is 43.9 Å². The van der Waals surface area contributed by atoms with Gasteiger partial charge in [0.25, 0.3) is 11.8 Å². The molecule has 38 heavy (non-hydrogen) atoms. The van der Waals surface area contributed by atoms with E-state index in [9.17, 15) is 14.4 Å². The molecule has 0 spiro atoms. The molecule has 1 aliphatic rings. The summed E-state index contributed by atoms with van der Waals surface area (Å²) in [4.78, 5) is 42.5. The number of aryl methyl sites for hydroxylation is 1. The number of furan rings is 1. The van der Waals surface area contributed by atoms with Gasteiger partial charge in [-0.05, 0) is 43.7 Å². The standard InChI is InChI=1S/C29H29FN4O4/c1-3-32-18-22(28(36)31-19(2)20-8-5-4-6-9-20)27(35)21-16-23(30)25(17-24(21)32)33-11-13-34(14-12-33)29(37)26-10-7-15-38-26/h4-10,15-19H,3,11-14H2,1-2H3,(H,31,36)/t19-/m0/s1. The number of nitrogens with zero attached hydrogens (tertiary/aromatic N) is 3. The Hall–Kier alpha value is -4.40. The minimum absolute atomic E-state index is 0.0284. The van der Waals surface area contributed by atoms with Crippen molar-refractivity contribution >= 4 is 28.4 Å². The Morgan fingerprint density at radius 2 is 1.79 bits per heavy atom. The van der Waals surface area contributed by atoms with Crippen LogP contribution in [-0.4, -0.2) is 47.5 Å². The molecular weight excluding hydrogens is 487 g/mol. The summed E-state index contributed by atoms with van der Waals surface area (Å²) >= 11 is 0. The van der Waals surface area contributed by atoms with Crippen molar-refractivity contribution in [2.45, 2.75) is 26.4 Å². The molecule has 2 aromatic carbocycles. The van der Waals surface area contributed by atoms with Crippen molar-refractivity contribution in [1.82, 2.24) is 14.8 Å². The first kappa shape index (κ1) is 25.3. The predicted octanol–water partition coefficient (Wildman–Crippen LogP) is 4.21. The van der Waals surface area contributed by atoms with Gasteiger partial charge in [-0.1, -0.05) is 30.3 Å². The van der Waals surface area contributed by atoms with Gasteiger partial charge in [0.05, 0.1) is 23.5 Å². The zero-order valence-corrected chi connectivity index (χ0v) is 21.3. The molecule has 0 radical (unpaired) electrons. The fourth-order valence-corrected chi connectivity index (χ4v) is 4.87. The van der Waals surface area contributed by atoms with Gasteiger partial charge in [0.1, 0.15) is 11.4 Å². The van der Waals surface area contributed by atoms with Crippen LogP contribution >= 0.6 is 0 Å². The quantitative estimate of drug-likeness (QED) is 0.415. The highest BCUT2D eigenvalue weighted by Gasteiger charge is 2.26. The third-order valence-corrected chi connectivity index (χ3v) is 7.02. The first-order chi connectivity index (χ1) is 18.4. The highest BCUT2D eigenvalue weighted by Crippen LogP contribution is 2.27. The van der Waals surface area contributed by atoms with Crippen molar-refractivity contribution in [1.29, 1.82) is 0 Å². The second-order valence-corrected chi connectivity index (χ2v) is 9.34. The van der Waals surface area contributed by atoms with Crippen molar-refractivity contribution in [3.63, 3.8) is 0 Å². The molecule has 196 valence electrons. The second-order valence-electron chi connectivity index (χ2n) is 9.34. The summed E-state index contributed by atoms with van der Waals surface area (Å²) in [5.74, 6) is -0.961. The lowest BCUT2D eigenvalue weighted by Gasteiger charge is -2.36. The summed E-state index contributed by atoms with van der Waals surface area (Å²) in [6.07, 6.45) is 3.00. The van der Waals surface area contributed by atoms with E-state index in [4.69, 9.17) is 4.42 Å². The van der Waals surface area contributed by atoms with Gasteiger partial charge in [-0.2, -0.15) is 0 Å². The summed E-state index contributed by atoms with van der Waals surface area (Å²) < 4.78 is 22.4. The van der Waals surface area contributed by atoms with Crippen LogP contribution in [0, 0.1) is 5.82 Å². The highest BCUT2D eigenvalue weighted by atomic mass is 19.1. The number of carbonyl (C=O) groups excluding carboxylic acids is 2. The van der Waals surface area contributed by atoms with Crippen LogP contribution in [0.2, 0.25) is 0 Å². The van der Waals surface area contributed by atoms with Gasteiger partial charge < -0.3 is 24.1 Å². The maximum atomic E-state index is 15.4. The summed E-state index contributed by atoms with van der Waals surface area (Å²) in [5, 5.41) is 3.03. The van der Waals surface area contributed by atoms with Crippen LogP contribution in [-0.2, 0) is 6.54 Å². The first-order valence-corrected chi connectivity index (χ1v) is 12.7. The maximum absolute atomic E-state index is 15.4. The van der Waals surface area contributed by atoms with Gasteiger partial charge in [-0.3, -0.25) is 14.4 Å². The Labute approximate surface area is 219 Å². The molecule has 8 nitrogen and oxygen atoms in total. The van der Waals surface area contributed by atoms with Crippen molar-refractivity contribution in [2.75, 3.05) is 31.1 Å². The minimum Gasteiger partial charge on any atom is -0.459 e. The fourth-order valence-electron chi connectivity index (χ4n) is 4.87. The van der Waals surface area contributed by atoms with Crippen LogP contribution in [0.1, 0.15) is 46.4 Å². The monoisotopic (exact) mass is 516 g/mol. The van der Waals surface area contributed by atoms with Crippen LogP contribution in [0.5, 0.6) is 0 Å². The number of amides is 2. The molecule has 5 rings (SSSR count). The summed E-state index contributed by atoms with van der Waals surface area (Å²) in [6, 6.07) is 15.3. The van der Waals surface area contributed by atoms with Gasteiger partial charge >= 0.3 is 0 Å². The lowest BCUT2D eigenvalue weighted by molar-refractivity contribution is 0.0714. The number of fused-ring (bicyclic) bond motifs is 1. The second kappa shape index (κ2) is 10.5. The number of rotatable bonds is 6. The van der Waals surface area contributed by atoms with Crippen LogP contribution in [0.4, 0.5) is 10.1 Å². The van der Waals surface area contributed by atoms with E-state index < -0.39 is 17.2 Å². The predicted molar refractivity (Wildman–Crippen MR) is 143 cm³/mol. The number of benzene rings is 2. The SMILES string of the molecule is CCn1cc(C(=O)N[C@@H](C)c2ccccc2)c(=O)c2cc(F)c(N3CCN(C(=O)c4ccco4)CC3)cc21. The molecule has 1 atom stereocenters. The van der Waals surface area contributed by atoms with E-state index >= 15 is 4.39 Å². The van der Waals surface area contributed by atoms with Gasteiger partial charge in [-0.15, -0.1) is 0 Å². The Balaban J connectivity index is 1.40. The molecule has 1 saturated heterocycles. The van der Waals surface area contributed by atoms with Crippen molar-refractivity contribution < 1.29 is 18.4 Å². The number of aromatic nitrogens is 1. The van der Waals surface area contributed by atoms with E-state index in [1.54, 1.807) is 33.9 Å². The smallest absolute Gasteiger partial charge is 0.289 e. The van der Waals surface area contributed by atoms with Crippen LogP contribution in [0.15, 0.2) is 76.3 Å². The van der Waals surface area contributed by atoms with Crippen molar-refractivity contribution in [3.05, 3.63) is 100.0 Å². The molecule has 2 aromatic heterocycles. The number of hydrogen-bond acceptors (Lipinski definition) is 5. The first-order valence-electron chi connectivity index (χ1n) is 12.7.